The maximum atomic E-state index is 5.21. The van der Waals surface area contributed by atoms with Crippen molar-refractivity contribution in [2.75, 3.05) is 6.26 Å². The predicted molar refractivity (Wildman–Crippen MR) is 207 cm³/mol. The van der Waals surface area contributed by atoms with Gasteiger partial charge in [0, 0.05) is 50.0 Å². The lowest BCUT2D eigenvalue weighted by Crippen LogP contribution is -2.58. The number of hydrogen-bond acceptors (Lipinski definition) is 8. The van der Waals surface area contributed by atoms with E-state index >= 15 is 0 Å². The van der Waals surface area contributed by atoms with Crippen molar-refractivity contribution in [2.24, 2.45) is 5.41 Å². The van der Waals surface area contributed by atoms with Crippen molar-refractivity contribution in [3.8, 4) is 0 Å². The quantitative estimate of drug-likeness (QED) is 0.0739. The summed E-state index contributed by atoms with van der Waals surface area (Å²) >= 11 is 36.5. The largest absolute Gasteiger partial charge is 0.143 e. The maximum absolute atomic E-state index is 5.21. The third-order valence-corrected chi connectivity index (χ3v) is 13.0. The molecular formula is C35H38S8. The second-order valence-corrected chi connectivity index (χ2v) is 16.2. The normalized spacial score (nSPS) is 16.6. The highest BCUT2D eigenvalue weighted by molar-refractivity contribution is 7.98. The van der Waals surface area contributed by atoms with Gasteiger partial charge in [0.05, 0.1) is 0 Å². The van der Waals surface area contributed by atoms with Crippen molar-refractivity contribution >= 4 is 100 Å². The van der Waals surface area contributed by atoms with Crippen molar-refractivity contribution in [2.45, 2.75) is 95.9 Å². The lowest BCUT2D eigenvalue weighted by Gasteiger charge is -2.62. The summed E-state index contributed by atoms with van der Waals surface area (Å²) in [5.74, 6) is 0. The summed E-state index contributed by atoms with van der Waals surface area (Å²) in [4.78, 5) is 7.62. The van der Waals surface area contributed by atoms with Gasteiger partial charge in [0.25, 0.3) is 0 Å². The van der Waals surface area contributed by atoms with Gasteiger partial charge in [-0.05, 0) is 95.3 Å². The van der Waals surface area contributed by atoms with Crippen LogP contribution in [0.1, 0.15) is 68.2 Å². The third-order valence-electron chi connectivity index (χ3n) is 9.92. The van der Waals surface area contributed by atoms with Crippen molar-refractivity contribution in [1.29, 1.82) is 0 Å². The van der Waals surface area contributed by atoms with Gasteiger partial charge in [0.15, 0.2) is 0 Å². The lowest BCUT2D eigenvalue weighted by molar-refractivity contribution is 0.0228. The monoisotopic (exact) mass is 714 g/mol. The average Bonchev–Trinajstić information content (AvgIpc) is 2.96. The Balaban J connectivity index is 1.99. The number of benzene rings is 4. The van der Waals surface area contributed by atoms with Gasteiger partial charge in [-0.1, -0.05) is 57.4 Å². The van der Waals surface area contributed by atoms with Crippen LogP contribution in [-0.2, 0) is 10.8 Å². The minimum atomic E-state index is -0.530. The Morgan fingerprint density at radius 2 is 0.860 bits per heavy atom. The molecule has 8 heteroatoms. The van der Waals surface area contributed by atoms with Crippen LogP contribution in [-0.4, -0.2) is 6.26 Å². The molecule has 0 saturated heterocycles. The van der Waals surface area contributed by atoms with Gasteiger partial charge in [-0.15, -0.1) is 100 Å². The summed E-state index contributed by atoms with van der Waals surface area (Å²) in [7, 11) is 0. The van der Waals surface area contributed by atoms with Crippen LogP contribution in [0.15, 0.2) is 112 Å². The van der Waals surface area contributed by atoms with Gasteiger partial charge in [0.1, 0.15) is 0 Å². The van der Waals surface area contributed by atoms with E-state index in [0.29, 0.717) is 0 Å². The number of thiol groups is 7. The highest BCUT2D eigenvalue weighted by Crippen LogP contribution is 2.67. The third kappa shape index (κ3) is 5.88. The molecule has 0 bridgehead atoms. The molecule has 0 nitrogen and oxygen atoms in total. The Morgan fingerprint density at radius 1 is 0.512 bits per heavy atom. The molecule has 226 valence electrons. The molecule has 1 atom stereocenters. The molecule has 43 heavy (non-hydrogen) atoms. The Kier molecular flexibility index (Phi) is 10.6. The van der Waals surface area contributed by atoms with E-state index in [1.54, 1.807) is 11.8 Å². The van der Waals surface area contributed by atoms with Crippen LogP contribution in [0.25, 0.3) is 0 Å². The Hall–Kier alpha value is -0.320. The van der Waals surface area contributed by atoms with Crippen LogP contribution in [0, 0.1) is 5.41 Å². The molecule has 0 amide bonds. The smallest absolute Gasteiger partial charge is 0.0264 e. The van der Waals surface area contributed by atoms with Crippen LogP contribution >= 0.6 is 100 Å². The van der Waals surface area contributed by atoms with Crippen LogP contribution in [0.3, 0.4) is 0 Å². The van der Waals surface area contributed by atoms with E-state index in [2.05, 4.69) is 118 Å². The van der Waals surface area contributed by atoms with E-state index in [1.165, 1.54) is 22.4 Å². The second-order valence-electron chi connectivity index (χ2n) is 11.9. The molecule has 4 aromatic carbocycles. The fraction of sp³-hybridized carbons (Fsp3) is 0.314. The molecule has 0 spiro atoms. The summed E-state index contributed by atoms with van der Waals surface area (Å²) in [6.07, 6.45) is 7.53. The Morgan fingerprint density at radius 3 is 1.19 bits per heavy atom. The van der Waals surface area contributed by atoms with E-state index in [0.717, 1.165) is 71.1 Å². The first kappa shape index (κ1) is 34.0. The first-order valence-electron chi connectivity index (χ1n) is 14.3. The molecule has 1 fully saturated rings. The molecule has 4 aromatic rings. The molecule has 5 rings (SSSR count). The van der Waals surface area contributed by atoms with Crippen molar-refractivity contribution in [1.82, 2.24) is 0 Å². The molecule has 1 aliphatic rings. The molecule has 1 saturated carbocycles. The zero-order chi connectivity index (χ0) is 31.2. The first-order chi connectivity index (χ1) is 20.4. The van der Waals surface area contributed by atoms with Crippen molar-refractivity contribution in [3.05, 3.63) is 95.1 Å². The molecule has 1 unspecified atom stereocenters. The van der Waals surface area contributed by atoms with E-state index in [4.69, 9.17) is 63.1 Å². The highest BCUT2D eigenvalue weighted by atomic mass is 32.2. The second kappa shape index (κ2) is 13.4. The average molecular weight is 715 g/mol. The van der Waals surface area contributed by atoms with Gasteiger partial charge in [-0.2, -0.15) is 0 Å². The van der Waals surface area contributed by atoms with Crippen LogP contribution < -0.4 is 0 Å². The number of rotatable bonds is 7. The topological polar surface area (TPSA) is 0 Å². The predicted octanol–water partition coefficient (Wildman–Crippen LogP) is 11.7. The van der Waals surface area contributed by atoms with Gasteiger partial charge < -0.3 is 0 Å². The number of thioether (sulfide) groups is 1. The molecular weight excluding hydrogens is 677 g/mol. The highest BCUT2D eigenvalue weighted by Gasteiger charge is 2.62. The van der Waals surface area contributed by atoms with E-state index in [-0.39, 0.29) is 5.41 Å². The Labute approximate surface area is 300 Å². The summed E-state index contributed by atoms with van der Waals surface area (Å²) in [6.45, 7) is 4.84. The summed E-state index contributed by atoms with van der Waals surface area (Å²) in [5.41, 5.74) is 3.31. The molecule has 0 heterocycles. The molecule has 0 aliphatic heterocycles. The van der Waals surface area contributed by atoms with Gasteiger partial charge in [-0.25, -0.2) is 0 Å². The van der Waals surface area contributed by atoms with Crippen LogP contribution in [0.5, 0.6) is 0 Å². The van der Waals surface area contributed by atoms with Crippen molar-refractivity contribution < 1.29 is 0 Å². The minimum absolute atomic E-state index is 0.336. The Bertz CT molecular complexity index is 1600. The lowest BCUT2D eigenvalue weighted by atomic mass is 9.41. The molecule has 0 N–H and O–H groups in total. The number of hydrogen-bond donors (Lipinski definition) is 7. The maximum Gasteiger partial charge on any atom is 0.0264 e. The molecule has 1 aliphatic carbocycles. The summed E-state index contributed by atoms with van der Waals surface area (Å²) in [6, 6.07) is 25.9. The van der Waals surface area contributed by atoms with E-state index < -0.39 is 10.8 Å². The first-order valence-corrected chi connectivity index (χ1v) is 18.7. The van der Waals surface area contributed by atoms with E-state index in [9.17, 15) is 0 Å². The van der Waals surface area contributed by atoms with Gasteiger partial charge in [-0.3, -0.25) is 0 Å². The fourth-order valence-corrected chi connectivity index (χ4v) is 11.1. The van der Waals surface area contributed by atoms with Gasteiger partial charge >= 0.3 is 0 Å². The van der Waals surface area contributed by atoms with Crippen LogP contribution in [0.2, 0.25) is 0 Å². The fourth-order valence-electron chi connectivity index (χ4n) is 7.87. The molecule has 0 aromatic heterocycles. The van der Waals surface area contributed by atoms with E-state index in [1.807, 2.05) is 0 Å². The molecule has 0 radical (unpaired) electrons. The summed E-state index contributed by atoms with van der Waals surface area (Å²) < 4.78 is 0. The standard InChI is InChI=1S/C35H38S8/c1-33(25-11-7-21(36)17-29(25)39,26-12-8-22(37)18-30(26)40)35(15-5-4-6-16-35)34(2,27-13-9-23(38)19-31(27)41)28-14-10-24(43-3)20-32(28)42/h7-14,17-20,36-42H,4-6,15-16H2,1-3H3. The zero-order valence-electron chi connectivity index (χ0n) is 24.5. The van der Waals surface area contributed by atoms with Crippen LogP contribution in [0.4, 0.5) is 0 Å². The van der Waals surface area contributed by atoms with Gasteiger partial charge in [0.2, 0.25) is 0 Å². The summed E-state index contributed by atoms with van der Waals surface area (Å²) in [5, 5.41) is 0. The van der Waals surface area contributed by atoms with Crippen molar-refractivity contribution in [3.63, 3.8) is 0 Å². The minimum Gasteiger partial charge on any atom is -0.143 e. The zero-order valence-corrected chi connectivity index (χ0v) is 31.6. The SMILES string of the molecule is CSc1ccc(C(C)(c2ccc(S)cc2S)C2(C(C)(c3ccc(S)cc3S)c3ccc(S)cc3S)CCCCC2)c(S)c1.